The van der Waals surface area contributed by atoms with Crippen molar-refractivity contribution in [3.63, 3.8) is 0 Å². The average molecular weight is 649 g/mol. The first-order valence-electron chi connectivity index (χ1n) is 11.9. The molecule has 0 spiro atoms. The summed E-state index contributed by atoms with van der Waals surface area (Å²) in [6, 6.07) is 10.7. The molecule has 210 valence electrons. The third kappa shape index (κ3) is 7.05. The Hall–Kier alpha value is -3.49. The van der Waals surface area contributed by atoms with Crippen LogP contribution in [0.4, 0.5) is 28.3 Å². The predicted octanol–water partition coefficient (Wildman–Crippen LogP) is 6.42. The van der Waals surface area contributed by atoms with E-state index in [9.17, 15) is 9.59 Å². The lowest BCUT2D eigenvalue weighted by Crippen LogP contribution is -2.27. The molecule has 2 aromatic carbocycles. The summed E-state index contributed by atoms with van der Waals surface area (Å²) in [5, 5.41) is 13.1. The van der Waals surface area contributed by atoms with Crippen LogP contribution in [0.1, 0.15) is 20.9 Å². The van der Waals surface area contributed by atoms with Gasteiger partial charge >= 0.3 is 0 Å². The van der Waals surface area contributed by atoms with Crippen molar-refractivity contribution < 1.29 is 9.59 Å². The van der Waals surface area contributed by atoms with E-state index >= 15 is 0 Å². The number of para-hydroxylation sites is 2. The number of nitrogens with one attached hydrogen (secondary N) is 4. The monoisotopic (exact) mass is 647 g/mol. The first-order chi connectivity index (χ1) is 19.7. The van der Waals surface area contributed by atoms with Crippen molar-refractivity contribution >= 4 is 103 Å². The molecular weight excluding hydrogens is 629 g/mol. The van der Waals surface area contributed by atoms with Gasteiger partial charge in [-0.15, -0.1) is 0 Å². The molecule has 0 radical (unpaired) electrons. The van der Waals surface area contributed by atoms with Crippen molar-refractivity contribution in [2.24, 2.45) is 4.99 Å². The van der Waals surface area contributed by atoms with Crippen LogP contribution >= 0.6 is 57.9 Å². The Morgan fingerprint density at radius 3 is 2.17 bits per heavy atom. The van der Waals surface area contributed by atoms with Gasteiger partial charge in [0.2, 0.25) is 23.1 Å². The molecule has 1 aliphatic heterocycles. The lowest BCUT2D eigenvalue weighted by atomic mass is 10.2. The van der Waals surface area contributed by atoms with Gasteiger partial charge in [0.15, 0.2) is 10.2 Å². The average Bonchev–Trinajstić information content (AvgIpc) is 3.58. The Morgan fingerprint density at radius 2 is 1.51 bits per heavy atom. The van der Waals surface area contributed by atoms with Gasteiger partial charge in [-0.2, -0.15) is 15.0 Å². The fraction of sp³-hybridized carbons (Fsp3) is 0.160. The first-order valence-corrected chi connectivity index (χ1v) is 14.7. The van der Waals surface area contributed by atoms with Gasteiger partial charge in [-0.25, -0.2) is 4.98 Å². The maximum Gasteiger partial charge on any atom is 0.284 e. The van der Waals surface area contributed by atoms with Crippen molar-refractivity contribution in [1.29, 1.82) is 0 Å². The number of amides is 2. The second kappa shape index (κ2) is 12.6. The molecule has 0 bridgehead atoms. The van der Waals surface area contributed by atoms with Gasteiger partial charge < -0.3 is 21.3 Å². The molecular formula is C25H20Cl3N9O2S2. The molecule has 0 saturated heterocycles. The summed E-state index contributed by atoms with van der Waals surface area (Å²) in [5.41, 5.74) is 2.78. The number of thiazole rings is 1. The van der Waals surface area contributed by atoms with E-state index < -0.39 is 11.2 Å². The summed E-state index contributed by atoms with van der Waals surface area (Å²) in [4.78, 5) is 46.6. The number of anilines is 5. The number of rotatable bonds is 7. The SMILES string of the molecule is Cc1cccc(Cl)c1NC(=O)c1ncc(Nc2nc(Cl)nc(NC3=NCC(C(=O)Nc4c(C)cccc4Cl)S3)n2)s1. The number of hydrogen-bond donors (Lipinski definition) is 4. The second-order valence-electron chi connectivity index (χ2n) is 8.59. The number of aryl methyl sites for hydroxylation is 2. The Morgan fingerprint density at radius 1 is 0.878 bits per heavy atom. The van der Waals surface area contributed by atoms with E-state index in [4.69, 9.17) is 34.8 Å². The molecule has 41 heavy (non-hydrogen) atoms. The van der Waals surface area contributed by atoms with Crippen LogP contribution in [0.25, 0.3) is 0 Å². The van der Waals surface area contributed by atoms with Crippen LogP contribution in [-0.4, -0.2) is 48.7 Å². The quantitative estimate of drug-likeness (QED) is 0.178. The molecule has 1 unspecified atom stereocenters. The molecule has 11 nitrogen and oxygen atoms in total. The van der Waals surface area contributed by atoms with Crippen molar-refractivity contribution in [2.75, 3.05) is 27.8 Å². The number of hydrogen-bond acceptors (Lipinski definition) is 11. The molecule has 16 heteroatoms. The summed E-state index contributed by atoms with van der Waals surface area (Å²) < 4.78 is 0. The van der Waals surface area contributed by atoms with Gasteiger partial charge in [0, 0.05) is 0 Å². The number of aliphatic imine (C=N–C) groups is 1. The lowest BCUT2D eigenvalue weighted by Gasteiger charge is -2.13. The summed E-state index contributed by atoms with van der Waals surface area (Å²) in [5.74, 6) is -0.386. The molecule has 4 N–H and O–H groups in total. The Labute approximate surface area is 257 Å². The maximum absolute atomic E-state index is 12.8. The van der Waals surface area contributed by atoms with Gasteiger partial charge in [-0.1, -0.05) is 70.6 Å². The van der Waals surface area contributed by atoms with Crippen LogP contribution < -0.4 is 21.3 Å². The maximum atomic E-state index is 12.8. The normalized spacial score (nSPS) is 14.4. The van der Waals surface area contributed by atoms with Crippen LogP contribution in [0.15, 0.2) is 47.6 Å². The summed E-state index contributed by atoms with van der Waals surface area (Å²) in [7, 11) is 0. The largest absolute Gasteiger partial charge is 0.324 e. The number of aromatic nitrogens is 4. The minimum absolute atomic E-state index is 0.0752. The van der Waals surface area contributed by atoms with Gasteiger partial charge in [0.25, 0.3) is 5.91 Å². The van der Waals surface area contributed by atoms with Crippen LogP contribution in [0, 0.1) is 13.8 Å². The molecule has 0 aliphatic carbocycles. The highest BCUT2D eigenvalue weighted by Crippen LogP contribution is 2.30. The zero-order valence-electron chi connectivity index (χ0n) is 21.3. The molecule has 2 amide bonds. The van der Waals surface area contributed by atoms with Crippen LogP contribution in [-0.2, 0) is 4.79 Å². The zero-order valence-corrected chi connectivity index (χ0v) is 25.2. The zero-order chi connectivity index (χ0) is 29.1. The lowest BCUT2D eigenvalue weighted by molar-refractivity contribution is -0.115. The highest BCUT2D eigenvalue weighted by Gasteiger charge is 2.28. The van der Waals surface area contributed by atoms with E-state index in [1.165, 1.54) is 18.0 Å². The number of halogens is 3. The number of benzene rings is 2. The third-order valence-corrected chi connectivity index (χ3v) is 8.45. The van der Waals surface area contributed by atoms with E-state index in [-0.39, 0.29) is 34.6 Å². The highest BCUT2D eigenvalue weighted by atomic mass is 35.5. The van der Waals surface area contributed by atoms with Gasteiger partial charge in [0.1, 0.15) is 10.3 Å². The van der Waals surface area contributed by atoms with Crippen molar-refractivity contribution in [1.82, 2.24) is 19.9 Å². The van der Waals surface area contributed by atoms with Crippen molar-refractivity contribution in [3.8, 4) is 0 Å². The van der Waals surface area contributed by atoms with E-state index in [0.29, 0.717) is 31.6 Å². The van der Waals surface area contributed by atoms with Crippen LogP contribution in [0.3, 0.4) is 0 Å². The van der Waals surface area contributed by atoms with Gasteiger partial charge in [-0.05, 0) is 48.7 Å². The minimum atomic E-state index is -0.473. The smallest absolute Gasteiger partial charge is 0.284 e. The van der Waals surface area contributed by atoms with Crippen LogP contribution in [0.2, 0.25) is 15.3 Å². The molecule has 1 atom stereocenters. The molecule has 5 rings (SSSR count). The van der Waals surface area contributed by atoms with Gasteiger partial charge in [-0.3, -0.25) is 14.6 Å². The molecule has 2 aromatic heterocycles. The Balaban J connectivity index is 1.20. The summed E-state index contributed by atoms with van der Waals surface area (Å²) in [6.45, 7) is 3.97. The third-order valence-electron chi connectivity index (χ3n) is 5.64. The number of thioether (sulfide) groups is 1. The molecule has 4 aromatic rings. The fourth-order valence-electron chi connectivity index (χ4n) is 3.64. The second-order valence-corrected chi connectivity index (χ2v) is 12.0. The molecule has 0 saturated carbocycles. The van der Waals surface area contributed by atoms with Crippen molar-refractivity contribution in [2.45, 2.75) is 19.1 Å². The number of nitrogens with zero attached hydrogens (tertiary/aromatic N) is 5. The van der Waals surface area contributed by atoms with E-state index in [1.54, 1.807) is 18.2 Å². The number of carbonyl (C=O) groups is 2. The Bertz CT molecular complexity index is 1640. The standard InChI is InChI=1S/C25H20Cl3N9O2S2/c1-11-5-3-7-13(26)17(11)32-19(38)15-9-30-25(40-15)37-24-35-22(28)34-23(36-24)31-16-10-29-21(41-16)20(39)33-18-12(2)6-4-8-14(18)27/h3-8,10,15H,9H2,1-2H3,(H,32,38)(H,33,39)(H2,30,31,34,35,36,37). The summed E-state index contributed by atoms with van der Waals surface area (Å²) in [6.07, 6.45) is 1.48. The predicted molar refractivity (Wildman–Crippen MR) is 166 cm³/mol. The van der Waals surface area contributed by atoms with E-state index in [0.717, 1.165) is 22.5 Å². The number of carbonyl (C=O) groups excluding carboxylic acids is 2. The molecule has 1 aliphatic rings. The molecule has 3 heterocycles. The van der Waals surface area contributed by atoms with Gasteiger partial charge in [0.05, 0.1) is 34.2 Å². The van der Waals surface area contributed by atoms with Crippen molar-refractivity contribution in [3.05, 3.63) is 74.1 Å². The van der Waals surface area contributed by atoms with E-state index in [2.05, 4.69) is 46.2 Å². The Kier molecular flexibility index (Phi) is 8.90. The van der Waals surface area contributed by atoms with E-state index in [1.807, 2.05) is 32.0 Å². The fourth-order valence-corrected chi connectivity index (χ4v) is 5.92. The van der Waals surface area contributed by atoms with Crippen LogP contribution in [0.5, 0.6) is 0 Å². The molecule has 0 fully saturated rings. The summed E-state index contributed by atoms with van der Waals surface area (Å²) >= 11 is 20.9. The highest BCUT2D eigenvalue weighted by molar-refractivity contribution is 8.15. The number of amidine groups is 1. The minimum Gasteiger partial charge on any atom is -0.324 e. The topological polar surface area (TPSA) is 146 Å². The first kappa shape index (κ1) is 29.0.